The van der Waals surface area contributed by atoms with E-state index in [1.165, 1.54) is 33.3 Å². The van der Waals surface area contributed by atoms with E-state index in [0.29, 0.717) is 33.8 Å². The highest BCUT2D eigenvalue weighted by Gasteiger charge is 2.55. The molecule has 6 N–H and O–H groups in total. The lowest BCUT2D eigenvalue weighted by Crippen LogP contribution is -2.72. The van der Waals surface area contributed by atoms with Crippen molar-refractivity contribution in [2.45, 2.75) is 48.8 Å². The van der Waals surface area contributed by atoms with Gasteiger partial charge in [-0.15, -0.1) is 23.5 Å². The second-order valence-electron chi connectivity index (χ2n) is 11.6. The minimum Gasteiger partial charge on any atom is -0.477 e. The third-order valence-corrected chi connectivity index (χ3v) is 11.3. The van der Waals surface area contributed by atoms with Gasteiger partial charge in [0.25, 0.3) is 17.7 Å². The SMILES string of the molecule is CC1=C(C(=O)O)N2C(=O)[C@@H](NC(=O)[C@@H](NC(=O)C3=C(C)CS[C@@H]4[C@H](NC(=O)[C@@H](N)c5ccccc5)C(=O)N34)c3ccccc3)[C@H]2SC1. The van der Waals surface area contributed by atoms with Crippen molar-refractivity contribution < 1.29 is 33.9 Å². The molecular weight excluding hydrogens is 645 g/mol. The first-order chi connectivity index (χ1) is 22.5. The van der Waals surface area contributed by atoms with Crippen LogP contribution in [-0.4, -0.2) is 84.7 Å². The first-order valence-corrected chi connectivity index (χ1v) is 16.9. The van der Waals surface area contributed by atoms with Crippen molar-refractivity contribution in [3.8, 4) is 0 Å². The summed E-state index contributed by atoms with van der Waals surface area (Å²) >= 11 is 2.74. The van der Waals surface area contributed by atoms with Gasteiger partial charge < -0.3 is 26.8 Å². The number of thioether (sulfide) groups is 2. The summed E-state index contributed by atoms with van der Waals surface area (Å²) < 4.78 is 0. The average molecular weight is 677 g/mol. The van der Waals surface area contributed by atoms with Gasteiger partial charge in [0.15, 0.2) is 0 Å². The maximum Gasteiger partial charge on any atom is 0.352 e. The number of nitrogens with zero attached hydrogens (tertiary/aromatic N) is 2. The van der Waals surface area contributed by atoms with Crippen LogP contribution < -0.4 is 21.7 Å². The second-order valence-corrected chi connectivity index (χ2v) is 13.8. The highest BCUT2D eigenvalue weighted by Crippen LogP contribution is 2.42. The van der Waals surface area contributed by atoms with Crippen LogP contribution >= 0.6 is 23.5 Å². The second kappa shape index (κ2) is 12.9. The fourth-order valence-electron chi connectivity index (χ4n) is 6.00. The molecule has 4 aliphatic heterocycles. The van der Waals surface area contributed by atoms with E-state index >= 15 is 0 Å². The third-order valence-electron chi connectivity index (χ3n) is 8.44. The zero-order valence-electron chi connectivity index (χ0n) is 25.3. The predicted molar refractivity (Wildman–Crippen MR) is 174 cm³/mol. The fraction of sp³-hybridized carbons (Fsp3) is 0.312. The molecule has 0 spiro atoms. The lowest BCUT2D eigenvalue weighted by molar-refractivity contribution is -0.151. The highest BCUT2D eigenvalue weighted by atomic mass is 32.2. The molecule has 0 bridgehead atoms. The van der Waals surface area contributed by atoms with Crippen LogP contribution in [0.15, 0.2) is 83.2 Å². The molecule has 2 fully saturated rings. The molecule has 2 aromatic carbocycles. The molecule has 0 radical (unpaired) electrons. The number of rotatable bonds is 9. The van der Waals surface area contributed by atoms with Crippen molar-refractivity contribution >= 4 is 59.0 Å². The number of carbonyl (C=O) groups is 6. The van der Waals surface area contributed by atoms with Crippen molar-refractivity contribution in [2.75, 3.05) is 11.5 Å². The Balaban J connectivity index is 1.17. The lowest BCUT2D eigenvalue weighted by Gasteiger charge is -2.50. The molecule has 6 atom stereocenters. The number of amides is 5. The molecule has 13 nitrogen and oxygen atoms in total. The van der Waals surface area contributed by atoms with E-state index in [0.717, 1.165) is 0 Å². The third kappa shape index (κ3) is 5.79. The summed E-state index contributed by atoms with van der Waals surface area (Å²) in [5.41, 5.74) is 8.34. The van der Waals surface area contributed by atoms with E-state index in [4.69, 9.17) is 5.73 Å². The van der Waals surface area contributed by atoms with E-state index in [1.54, 1.807) is 74.5 Å². The smallest absolute Gasteiger partial charge is 0.352 e. The largest absolute Gasteiger partial charge is 0.477 e. The van der Waals surface area contributed by atoms with Crippen molar-refractivity contribution in [1.29, 1.82) is 0 Å². The number of carboxylic acid groups (broad SMARTS) is 1. The zero-order valence-corrected chi connectivity index (χ0v) is 27.0. The Hall–Kier alpha value is -4.60. The molecule has 2 saturated heterocycles. The Morgan fingerprint density at radius 3 is 1.77 bits per heavy atom. The molecular formula is C32H32N6O7S2. The van der Waals surface area contributed by atoms with Gasteiger partial charge in [-0.25, -0.2) is 4.79 Å². The molecule has 15 heteroatoms. The molecule has 0 saturated carbocycles. The van der Waals surface area contributed by atoms with Crippen LogP contribution in [0, 0.1) is 0 Å². The van der Waals surface area contributed by atoms with Crippen LogP contribution in [0.1, 0.15) is 37.1 Å². The standard InChI is InChI=1S/C32H32N6O7S2/c1-15-13-46-30-21(35-25(39)19(33)17-9-5-3-6-10-17)28(42)37(30)23(15)27(41)34-20(18-11-7-4-8-12-18)26(40)36-22-29(43)38-24(32(44)45)16(2)14-47-31(22)38/h3-12,19-22,30-31H,13-14,33H2,1-2H3,(H,34,41)(H,35,39)(H,36,40)(H,44,45)/t19-,20-,21+,22+,30+,31+/m0/s1. The molecule has 0 aliphatic carbocycles. The van der Waals surface area contributed by atoms with Crippen LogP contribution in [0.25, 0.3) is 0 Å². The van der Waals surface area contributed by atoms with E-state index < -0.39 is 70.4 Å². The van der Waals surface area contributed by atoms with Crippen molar-refractivity contribution in [3.05, 3.63) is 94.3 Å². The van der Waals surface area contributed by atoms with Crippen LogP contribution in [0.3, 0.4) is 0 Å². The Morgan fingerprint density at radius 1 is 0.766 bits per heavy atom. The van der Waals surface area contributed by atoms with Gasteiger partial charge in [-0.2, -0.15) is 0 Å². The van der Waals surface area contributed by atoms with Gasteiger partial charge in [0.05, 0.1) is 0 Å². The molecule has 47 heavy (non-hydrogen) atoms. The molecule has 244 valence electrons. The van der Waals surface area contributed by atoms with E-state index in [1.807, 2.05) is 0 Å². The summed E-state index contributed by atoms with van der Waals surface area (Å²) in [5, 5.41) is 16.7. The maximum atomic E-state index is 13.9. The van der Waals surface area contributed by atoms with Crippen molar-refractivity contribution in [3.63, 3.8) is 0 Å². The molecule has 4 aliphatic rings. The average Bonchev–Trinajstić information content (AvgIpc) is 3.08. The Kier molecular flexibility index (Phi) is 8.87. The Bertz CT molecular complexity index is 1730. The van der Waals surface area contributed by atoms with Crippen molar-refractivity contribution in [1.82, 2.24) is 25.8 Å². The number of fused-ring (bicyclic) bond motifs is 2. The van der Waals surface area contributed by atoms with Crippen LogP contribution in [-0.2, 0) is 28.8 Å². The van der Waals surface area contributed by atoms with Crippen LogP contribution in [0.4, 0.5) is 0 Å². The number of hydrogen-bond acceptors (Lipinski definition) is 9. The topological polar surface area (TPSA) is 191 Å². The van der Waals surface area contributed by atoms with Gasteiger partial charge in [0.2, 0.25) is 11.8 Å². The van der Waals surface area contributed by atoms with E-state index in [2.05, 4.69) is 16.0 Å². The number of hydrogen-bond donors (Lipinski definition) is 5. The van der Waals surface area contributed by atoms with Gasteiger partial charge in [0, 0.05) is 11.5 Å². The molecule has 6 rings (SSSR count). The van der Waals surface area contributed by atoms with Gasteiger partial charge in [-0.1, -0.05) is 60.7 Å². The Labute approximate surface area is 278 Å². The number of benzene rings is 2. The molecule has 0 unspecified atom stereocenters. The number of nitrogens with one attached hydrogen (secondary N) is 3. The summed E-state index contributed by atoms with van der Waals surface area (Å²) in [6.45, 7) is 3.37. The van der Waals surface area contributed by atoms with Crippen LogP contribution in [0.5, 0.6) is 0 Å². The molecule has 0 aromatic heterocycles. The summed E-state index contributed by atoms with van der Waals surface area (Å²) in [5.74, 6) is -3.31. The summed E-state index contributed by atoms with van der Waals surface area (Å²) in [4.78, 5) is 81.2. The van der Waals surface area contributed by atoms with Gasteiger partial charge in [-0.3, -0.25) is 33.8 Å². The quantitative estimate of drug-likeness (QED) is 0.239. The summed E-state index contributed by atoms with van der Waals surface area (Å²) in [7, 11) is 0. The van der Waals surface area contributed by atoms with Crippen molar-refractivity contribution in [2.24, 2.45) is 5.73 Å². The highest BCUT2D eigenvalue weighted by molar-refractivity contribution is 8.00. The number of carboxylic acids is 1. The fourth-order valence-corrected chi connectivity index (χ4v) is 8.59. The lowest BCUT2D eigenvalue weighted by atomic mass is 9.99. The summed E-state index contributed by atoms with van der Waals surface area (Å²) in [6, 6.07) is 13.1. The van der Waals surface area contributed by atoms with Gasteiger partial charge >= 0.3 is 5.97 Å². The van der Waals surface area contributed by atoms with Crippen LogP contribution in [0.2, 0.25) is 0 Å². The monoisotopic (exact) mass is 676 g/mol. The van der Waals surface area contributed by atoms with E-state index in [9.17, 15) is 33.9 Å². The number of aliphatic carboxylic acids is 1. The Morgan fingerprint density at radius 2 is 1.23 bits per heavy atom. The predicted octanol–water partition coefficient (Wildman–Crippen LogP) is 0.976. The minimum atomic E-state index is -1.24. The minimum absolute atomic E-state index is 0.0833. The zero-order chi connectivity index (χ0) is 33.6. The van der Waals surface area contributed by atoms with E-state index in [-0.39, 0.29) is 11.4 Å². The first-order valence-electron chi connectivity index (χ1n) is 14.8. The summed E-state index contributed by atoms with van der Waals surface area (Å²) in [6.07, 6.45) is 0. The number of nitrogens with two attached hydrogens (primary N) is 1. The maximum absolute atomic E-state index is 13.9. The van der Waals surface area contributed by atoms with Gasteiger partial charge in [0.1, 0.15) is 46.3 Å². The number of β-lactam (4-membered cyclic amide) rings is 2. The molecule has 2 aromatic rings. The first kappa shape index (κ1) is 32.3. The molecule has 5 amide bonds. The molecule has 4 heterocycles. The number of carbonyl (C=O) groups excluding carboxylic acids is 5. The normalized spacial score (nSPS) is 24.7. The van der Waals surface area contributed by atoms with Gasteiger partial charge in [-0.05, 0) is 36.1 Å².